The number of para-hydroxylation sites is 10. The van der Waals surface area contributed by atoms with E-state index in [9.17, 15) is 0 Å². The fourth-order valence-electron chi connectivity index (χ4n) is 26.3. The summed E-state index contributed by atoms with van der Waals surface area (Å²) in [5.74, 6) is 0. The molecule has 4 aliphatic rings. The Morgan fingerprint density at radius 2 is 0.397 bits per heavy atom. The summed E-state index contributed by atoms with van der Waals surface area (Å²) in [6.45, 7) is 0. The molecule has 28 aromatic rings. The lowest BCUT2D eigenvalue weighted by Crippen LogP contribution is -2.26. The second-order valence-corrected chi connectivity index (χ2v) is 39.4. The summed E-state index contributed by atoms with van der Waals surface area (Å²) in [6, 6.07) is 185. The molecule has 0 saturated heterocycles. The summed E-state index contributed by atoms with van der Waals surface area (Å²) in [6.07, 6.45) is 0. The zero-order valence-corrected chi connectivity index (χ0v) is 78.8. The minimum Gasteiger partial charge on any atom is -0.456 e. The van der Waals surface area contributed by atoms with E-state index in [4.69, 9.17) is 17.7 Å². The number of hydrogen-bond acceptors (Lipinski definition) is 8. The van der Waals surface area contributed by atoms with E-state index in [0.717, 1.165) is 244 Å². The number of benzene rings is 24. The summed E-state index contributed by atoms with van der Waals surface area (Å²) in [5, 5.41) is 16.9. The SMILES string of the molecule is c1ccc(N(c2ccccc2)c2cc3c(c4cc5oc6ccccc6c5cc24)-c2c(cc(N(c4ccccc4)c4cccc(-c5cccc(N(c6ccccc6)c6cc7c(c8cc9oc%10ccccc%10c9cc68)-c6c(cc(N(c8ccccc8)c8ccccc8)c8ccc9c%10ccccc%10oc9c68)C76c7ccccc7-c7ccccc76)c5)c4)c4cc5c(cc24)oc2ccccc25)C32c3ccccc3-c3ccccc32)cc1. The molecule has 0 atom stereocenters. The highest BCUT2D eigenvalue weighted by Crippen LogP contribution is 2.71. The second-order valence-electron chi connectivity index (χ2n) is 39.4. The summed E-state index contributed by atoms with van der Waals surface area (Å²) in [4.78, 5) is 10.0. The molecule has 0 unspecified atom stereocenters. The van der Waals surface area contributed by atoms with Gasteiger partial charge in [0.1, 0.15) is 44.7 Å². The van der Waals surface area contributed by atoms with Crippen LogP contribution < -0.4 is 19.6 Å². The summed E-state index contributed by atoms with van der Waals surface area (Å²) in [7, 11) is 0. The van der Waals surface area contributed by atoms with Crippen molar-refractivity contribution in [3.05, 3.63) is 542 Å². The normalized spacial score (nSPS) is 13.2. The Morgan fingerprint density at radius 1 is 0.144 bits per heavy atom. The van der Waals surface area contributed by atoms with Crippen LogP contribution in [0.5, 0.6) is 0 Å². The second kappa shape index (κ2) is 30.6. The molecule has 2 spiro atoms. The van der Waals surface area contributed by atoms with Crippen LogP contribution in [0.25, 0.3) is 186 Å². The third-order valence-electron chi connectivity index (χ3n) is 32.1. The molecule has 0 amide bonds. The van der Waals surface area contributed by atoms with Crippen LogP contribution in [-0.4, -0.2) is 0 Å². The minimum atomic E-state index is -0.942. The van der Waals surface area contributed by atoms with Gasteiger partial charge in [0, 0.05) is 116 Å². The molecule has 4 aromatic heterocycles. The van der Waals surface area contributed by atoms with Crippen molar-refractivity contribution in [2.75, 3.05) is 19.6 Å². The number of nitrogens with zero attached hydrogens (tertiary/aromatic N) is 4. The Hall–Kier alpha value is -19.3. The zero-order chi connectivity index (χ0) is 95.3. The van der Waals surface area contributed by atoms with Crippen molar-refractivity contribution >= 4 is 199 Å². The highest BCUT2D eigenvalue weighted by Gasteiger charge is 2.56. The van der Waals surface area contributed by atoms with Crippen molar-refractivity contribution in [1.29, 1.82) is 0 Å². The van der Waals surface area contributed by atoms with E-state index in [-0.39, 0.29) is 0 Å². The fourth-order valence-corrected chi connectivity index (χ4v) is 26.3. The van der Waals surface area contributed by atoms with Gasteiger partial charge in [-0.25, -0.2) is 0 Å². The Balaban J connectivity index is 0.650. The van der Waals surface area contributed by atoms with Crippen molar-refractivity contribution in [2.45, 2.75) is 10.8 Å². The fraction of sp³-hybridized carbons (Fsp3) is 0.0145. The summed E-state index contributed by atoms with van der Waals surface area (Å²) >= 11 is 0. The van der Waals surface area contributed by atoms with E-state index in [2.05, 4.69) is 517 Å². The minimum absolute atomic E-state index is 0.803. The Bertz CT molecular complexity index is 10300. The predicted molar refractivity (Wildman–Crippen MR) is 602 cm³/mol. The van der Waals surface area contributed by atoms with E-state index in [0.29, 0.717) is 0 Å². The van der Waals surface area contributed by atoms with Gasteiger partial charge < -0.3 is 37.3 Å². The molecule has 0 radical (unpaired) electrons. The monoisotopic (exact) mass is 1860 g/mol. The number of furan rings is 4. The van der Waals surface area contributed by atoms with Crippen LogP contribution in [0.1, 0.15) is 44.5 Å². The topological polar surface area (TPSA) is 65.5 Å². The van der Waals surface area contributed by atoms with Gasteiger partial charge in [-0.15, -0.1) is 0 Å². The lowest BCUT2D eigenvalue weighted by Gasteiger charge is -2.34. The van der Waals surface area contributed by atoms with Gasteiger partial charge in [0.05, 0.1) is 33.6 Å². The number of anilines is 12. The van der Waals surface area contributed by atoms with E-state index in [1.807, 2.05) is 0 Å². The molecular formula is C138H82N4O4. The molecule has 24 aromatic carbocycles. The number of hydrogen-bond donors (Lipinski definition) is 0. The molecule has 4 aliphatic carbocycles. The maximum absolute atomic E-state index is 7.57. The molecule has 4 heterocycles. The maximum Gasteiger partial charge on any atom is 0.143 e. The van der Waals surface area contributed by atoms with Crippen molar-refractivity contribution < 1.29 is 17.7 Å². The first-order valence-electron chi connectivity index (χ1n) is 50.2. The van der Waals surface area contributed by atoms with Gasteiger partial charge in [0.15, 0.2) is 0 Å². The largest absolute Gasteiger partial charge is 0.456 e. The van der Waals surface area contributed by atoms with E-state index in [1.165, 1.54) is 55.6 Å². The van der Waals surface area contributed by atoms with Crippen molar-refractivity contribution in [3.8, 4) is 55.6 Å². The van der Waals surface area contributed by atoms with Crippen LogP contribution in [0.3, 0.4) is 0 Å². The third kappa shape index (κ3) is 11.2. The maximum atomic E-state index is 7.57. The molecular weight excluding hydrogens is 1780 g/mol. The Morgan fingerprint density at radius 3 is 0.733 bits per heavy atom. The molecule has 0 fully saturated rings. The van der Waals surface area contributed by atoms with E-state index >= 15 is 0 Å². The number of rotatable bonds is 13. The van der Waals surface area contributed by atoms with Gasteiger partial charge >= 0.3 is 0 Å². The molecule has 0 aliphatic heterocycles. The molecule has 0 saturated carbocycles. The van der Waals surface area contributed by atoms with Crippen LogP contribution in [0.15, 0.2) is 515 Å². The van der Waals surface area contributed by atoms with Crippen LogP contribution in [0, 0.1) is 0 Å². The van der Waals surface area contributed by atoms with Gasteiger partial charge in [-0.2, -0.15) is 0 Å². The van der Waals surface area contributed by atoms with Crippen LogP contribution in [0.2, 0.25) is 0 Å². The highest BCUT2D eigenvalue weighted by atomic mass is 16.3. The molecule has 0 N–H and O–H groups in total. The first kappa shape index (κ1) is 80.5. The van der Waals surface area contributed by atoms with Crippen LogP contribution in [-0.2, 0) is 10.8 Å². The quantitative estimate of drug-likeness (QED) is 0.113. The summed E-state index contributed by atoms with van der Waals surface area (Å²) in [5.41, 5.74) is 37.8. The molecule has 8 nitrogen and oxygen atoms in total. The van der Waals surface area contributed by atoms with Gasteiger partial charge in [0.25, 0.3) is 0 Å². The van der Waals surface area contributed by atoms with E-state index in [1.54, 1.807) is 0 Å². The lowest BCUT2D eigenvalue weighted by molar-refractivity contribution is 0.669. The predicted octanol–water partition coefficient (Wildman–Crippen LogP) is 38.1. The lowest BCUT2D eigenvalue weighted by atomic mass is 9.70. The van der Waals surface area contributed by atoms with Gasteiger partial charge in [-0.3, -0.25) is 0 Å². The van der Waals surface area contributed by atoms with Gasteiger partial charge in [-0.1, -0.05) is 309 Å². The Kier molecular flexibility index (Phi) is 16.9. The molecule has 146 heavy (non-hydrogen) atoms. The molecule has 8 heteroatoms. The average molecular weight is 1860 g/mol. The van der Waals surface area contributed by atoms with Gasteiger partial charge in [0.2, 0.25) is 0 Å². The van der Waals surface area contributed by atoms with Crippen molar-refractivity contribution in [2.24, 2.45) is 0 Å². The number of fused-ring (bicyclic) bond motifs is 41. The van der Waals surface area contributed by atoms with Crippen molar-refractivity contribution in [3.63, 3.8) is 0 Å². The van der Waals surface area contributed by atoms with E-state index < -0.39 is 10.8 Å². The smallest absolute Gasteiger partial charge is 0.143 e. The highest BCUT2D eigenvalue weighted by molar-refractivity contribution is 6.30. The molecule has 678 valence electrons. The standard InChI is InChI=1S/C138H82N4O4/c1-7-39-85(40-8-1)139(86-41-9-2-10-42-86)120-82-119-135(134-102(120)70-69-101-97-57-23-34-68-127(97)146-136(101)134)133-111-78-130-108(100-60-26-33-67-126(100)145-130)75-105(111)123(81-118(133)138(119)114-63-29-21-55-95(114)96-56-22-30-64-115(96)138)142(90-49-17-6-18-50-90)92-52-36-38-84(72-92)83-37-35-51-91(71-83)141(89-47-15-5-16-48-89)122-80-117-132(110-77-129-107(74-104(110)122)99-59-25-32-66-125(99)144-129)131-109-76-128-106(98-58-24-31-65-124(98)143-128)73-103(109)121(140(87-43-11-3-12-44-87)88-45-13-4-14-46-88)79-116(131)137(117)112-61-27-19-53-93(112)94-54-20-28-62-113(94)137/h1-82H. The zero-order valence-electron chi connectivity index (χ0n) is 78.8. The van der Waals surface area contributed by atoms with Crippen LogP contribution in [0.4, 0.5) is 68.2 Å². The third-order valence-corrected chi connectivity index (χ3v) is 32.1. The molecule has 0 bridgehead atoms. The first-order valence-corrected chi connectivity index (χ1v) is 50.2. The summed E-state index contributed by atoms with van der Waals surface area (Å²) < 4.78 is 29.2. The Labute approximate surface area is 838 Å². The average Bonchev–Trinajstić information content (AvgIpc) is 1.49. The van der Waals surface area contributed by atoms with Crippen LogP contribution >= 0.6 is 0 Å². The van der Waals surface area contributed by atoms with Crippen molar-refractivity contribution in [1.82, 2.24) is 0 Å². The first-order chi connectivity index (χ1) is 72.4. The van der Waals surface area contributed by atoms with Gasteiger partial charge in [-0.05, 0) is 304 Å². The molecule has 32 rings (SSSR count).